The summed E-state index contributed by atoms with van der Waals surface area (Å²) in [7, 11) is 0. The first-order valence-electron chi connectivity index (χ1n) is 17.6. The van der Waals surface area contributed by atoms with Gasteiger partial charge < -0.3 is 9.78 Å². The van der Waals surface area contributed by atoms with Crippen molar-refractivity contribution in [3.63, 3.8) is 0 Å². The maximum absolute atomic E-state index is 11.1. The average molecular weight is 593 g/mol. The molecule has 0 aromatic carbocycles. The minimum Gasteiger partial charge on any atom is -0.301 e. The van der Waals surface area contributed by atoms with E-state index in [-0.39, 0.29) is 0 Å². The molecule has 0 amide bonds. The van der Waals surface area contributed by atoms with Gasteiger partial charge in [-0.3, -0.25) is 0 Å². The molecule has 0 spiro atoms. The minimum atomic E-state index is -0.531. The zero-order valence-electron chi connectivity index (χ0n) is 27.1. The van der Waals surface area contributed by atoms with Gasteiger partial charge in [0, 0.05) is 12.8 Å². The first-order valence-corrected chi connectivity index (χ1v) is 17.6. The number of hydrogen-bond acceptors (Lipinski definition) is 6. The Labute approximate surface area is 257 Å². The fourth-order valence-electron chi connectivity index (χ4n) is 6.65. The van der Waals surface area contributed by atoms with Crippen LogP contribution in [0.1, 0.15) is 168 Å². The lowest BCUT2D eigenvalue weighted by molar-refractivity contribution is -0.234. The number of carbonyl (C=O) groups excluding carboxylic acids is 2. The van der Waals surface area contributed by atoms with Crippen molar-refractivity contribution in [2.24, 2.45) is 23.7 Å². The second kappa shape index (κ2) is 26.9. The van der Waals surface area contributed by atoms with Gasteiger partial charge in [-0.1, -0.05) is 134 Å². The van der Waals surface area contributed by atoms with Crippen LogP contribution >= 0.6 is 0 Å². The molecule has 42 heavy (non-hydrogen) atoms. The molecular formula is C36H64O6. The summed E-state index contributed by atoms with van der Waals surface area (Å²) in [5.41, 5.74) is 0. The Hall–Kier alpha value is -1.66. The van der Waals surface area contributed by atoms with E-state index < -0.39 is 11.9 Å². The van der Waals surface area contributed by atoms with E-state index in [1.165, 1.54) is 103 Å². The van der Waals surface area contributed by atoms with Crippen molar-refractivity contribution in [1.82, 2.24) is 0 Å². The maximum Gasteiger partial charge on any atom is 0.342 e. The Morgan fingerprint density at radius 1 is 0.595 bits per heavy atom. The van der Waals surface area contributed by atoms with Crippen LogP contribution in [0.15, 0.2) is 24.3 Å². The Kier molecular flexibility index (Phi) is 24.6. The predicted molar refractivity (Wildman–Crippen MR) is 172 cm³/mol. The fourth-order valence-corrected chi connectivity index (χ4v) is 6.65. The van der Waals surface area contributed by atoms with Crippen molar-refractivity contribution < 1.29 is 29.9 Å². The van der Waals surface area contributed by atoms with Crippen LogP contribution in [0.4, 0.5) is 0 Å². The van der Waals surface area contributed by atoms with Gasteiger partial charge >= 0.3 is 11.9 Å². The largest absolute Gasteiger partial charge is 0.342 e. The number of unbranched alkanes of at least 4 members (excludes halogenated alkanes) is 15. The zero-order valence-corrected chi connectivity index (χ0v) is 27.1. The van der Waals surface area contributed by atoms with Crippen LogP contribution in [0.25, 0.3) is 0 Å². The molecule has 0 fully saturated rings. The lowest BCUT2D eigenvalue weighted by Crippen LogP contribution is -2.30. The first kappa shape index (κ1) is 38.4. The van der Waals surface area contributed by atoms with E-state index in [0.29, 0.717) is 36.5 Å². The lowest BCUT2D eigenvalue weighted by Gasteiger charge is -2.39. The van der Waals surface area contributed by atoms with Crippen LogP contribution < -0.4 is 0 Å². The topological polar surface area (TPSA) is 93.1 Å². The summed E-state index contributed by atoms with van der Waals surface area (Å²) in [6.07, 6.45) is 37.0. The summed E-state index contributed by atoms with van der Waals surface area (Å²) >= 11 is 0. The van der Waals surface area contributed by atoms with Crippen LogP contribution in [-0.2, 0) is 19.4 Å². The van der Waals surface area contributed by atoms with Crippen LogP contribution in [0.5, 0.6) is 0 Å². The second-order valence-electron chi connectivity index (χ2n) is 12.6. The third kappa shape index (κ3) is 18.8. The Morgan fingerprint density at radius 3 is 1.62 bits per heavy atom. The van der Waals surface area contributed by atoms with Gasteiger partial charge in [0.1, 0.15) is 0 Å². The molecule has 244 valence electrons. The molecule has 0 bridgehead atoms. The molecular weight excluding hydrogens is 528 g/mol. The van der Waals surface area contributed by atoms with Crippen molar-refractivity contribution in [3.05, 3.63) is 24.3 Å². The van der Waals surface area contributed by atoms with Gasteiger partial charge in [0.15, 0.2) is 0 Å². The molecule has 0 aliphatic heterocycles. The van der Waals surface area contributed by atoms with E-state index in [9.17, 15) is 9.59 Å². The minimum absolute atomic E-state index is 0.302. The van der Waals surface area contributed by atoms with Crippen molar-refractivity contribution in [1.29, 1.82) is 0 Å². The third-order valence-corrected chi connectivity index (χ3v) is 9.16. The average Bonchev–Trinajstić information content (AvgIpc) is 3.00. The molecule has 6 heteroatoms. The van der Waals surface area contributed by atoms with E-state index in [1.54, 1.807) is 0 Å². The molecule has 0 heterocycles. The Bertz CT molecular complexity index is 718. The highest BCUT2D eigenvalue weighted by atomic mass is 17.1. The summed E-state index contributed by atoms with van der Waals surface area (Å²) in [5, 5.41) is 16.8. The van der Waals surface area contributed by atoms with Gasteiger partial charge in [-0.25, -0.2) is 9.59 Å². The summed E-state index contributed by atoms with van der Waals surface area (Å²) < 4.78 is 0. The predicted octanol–water partition coefficient (Wildman–Crippen LogP) is 11.0. The van der Waals surface area contributed by atoms with Crippen molar-refractivity contribution in [3.8, 4) is 0 Å². The number of carbonyl (C=O) groups is 2. The third-order valence-electron chi connectivity index (χ3n) is 9.16. The highest BCUT2D eigenvalue weighted by molar-refractivity contribution is 5.68. The first-order chi connectivity index (χ1) is 20.6. The maximum atomic E-state index is 11.1. The normalized spacial score (nSPS) is 20.3. The van der Waals surface area contributed by atoms with E-state index in [1.807, 2.05) is 0 Å². The molecule has 0 aromatic rings. The van der Waals surface area contributed by atoms with E-state index >= 15 is 0 Å². The van der Waals surface area contributed by atoms with Crippen LogP contribution in [0.2, 0.25) is 0 Å². The van der Waals surface area contributed by atoms with Gasteiger partial charge in [0.2, 0.25) is 0 Å². The molecule has 1 aliphatic carbocycles. The number of rotatable bonds is 27. The highest BCUT2D eigenvalue weighted by Crippen LogP contribution is 2.43. The standard InChI is InChI=1S/C36H64O6/c1-3-5-7-12-19-25-33-31(23-17-6-4-2)29-30-32(24-18-13-8-10-15-21-27-35(37)41-39)34(33)26-20-14-9-11-16-22-28-36(38)42-40/h19,25,29-34,39-40H,3-18,20-24,26-28H2,1-2H3/b25-19-. The molecule has 4 atom stereocenters. The van der Waals surface area contributed by atoms with Gasteiger partial charge in [-0.15, -0.1) is 0 Å². The van der Waals surface area contributed by atoms with Gasteiger partial charge in [-0.05, 0) is 68.6 Å². The Morgan fingerprint density at radius 2 is 1.05 bits per heavy atom. The van der Waals surface area contributed by atoms with Gasteiger partial charge in [0.05, 0.1) is 0 Å². The van der Waals surface area contributed by atoms with Crippen molar-refractivity contribution in [2.45, 2.75) is 168 Å². The van der Waals surface area contributed by atoms with Crippen molar-refractivity contribution >= 4 is 11.9 Å². The molecule has 0 radical (unpaired) electrons. The molecule has 2 N–H and O–H groups in total. The molecule has 0 saturated carbocycles. The van der Waals surface area contributed by atoms with E-state index in [4.69, 9.17) is 10.5 Å². The van der Waals surface area contributed by atoms with Gasteiger partial charge in [-0.2, -0.15) is 10.5 Å². The van der Waals surface area contributed by atoms with Gasteiger partial charge in [0.25, 0.3) is 0 Å². The number of allylic oxidation sites excluding steroid dienone is 4. The lowest BCUT2D eigenvalue weighted by atomic mass is 9.66. The van der Waals surface area contributed by atoms with E-state index in [0.717, 1.165) is 38.5 Å². The smallest absolute Gasteiger partial charge is 0.301 e. The van der Waals surface area contributed by atoms with Crippen molar-refractivity contribution in [2.75, 3.05) is 0 Å². The summed E-state index contributed by atoms with van der Waals surface area (Å²) in [4.78, 5) is 29.7. The molecule has 0 aromatic heterocycles. The molecule has 1 aliphatic rings. The van der Waals surface area contributed by atoms with Crippen LogP contribution in [0.3, 0.4) is 0 Å². The molecule has 0 saturated heterocycles. The van der Waals surface area contributed by atoms with Crippen LogP contribution in [-0.4, -0.2) is 22.5 Å². The van der Waals surface area contributed by atoms with Crippen LogP contribution in [0, 0.1) is 23.7 Å². The number of hydrogen-bond donors (Lipinski definition) is 2. The van der Waals surface area contributed by atoms with E-state index in [2.05, 4.69) is 47.9 Å². The molecule has 6 nitrogen and oxygen atoms in total. The summed E-state index contributed by atoms with van der Waals surface area (Å²) in [5.74, 6) is 1.62. The second-order valence-corrected chi connectivity index (χ2v) is 12.6. The monoisotopic (exact) mass is 592 g/mol. The summed E-state index contributed by atoms with van der Waals surface area (Å²) in [6, 6.07) is 0. The molecule has 4 unspecified atom stereocenters. The highest BCUT2D eigenvalue weighted by Gasteiger charge is 2.33. The fraction of sp³-hybridized carbons (Fsp3) is 0.833. The zero-order chi connectivity index (χ0) is 30.7. The quantitative estimate of drug-likeness (QED) is 0.0426. The summed E-state index contributed by atoms with van der Waals surface area (Å²) in [6.45, 7) is 4.57. The SMILES string of the molecule is CCCCC/C=C\C1C(CCCCC)C=CC(CCCCCCCCC(=O)OO)C1CCCCCCCCC(=O)OO. The molecule has 1 rings (SSSR count). The Balaban J connectivity index is 2.69.